The summed E-state index contributed by atoms with van der Waals surface area (Å²) in [5.41, 5.74) is -0.458. The van der Waals surface area contributed by atoms with E-state index < -0.39 is 5.41 Å². The minimum Gasteiger partial charge on any atom is -0.462 e. The van der Waals surface area contributed by atoms with Gasteiger partial charge in [0.1, 0.15) is 6.10 Å². The average molecular weight is 445 g/mol. The number of hydrogen-bond donors (Lipinski definition) is 0. The van der Waals surface area contributed by atoms with Crippen LogP contribution in [0.1, 0.15) is 72.1 Å². The summed E-state index contributed by atoms with van der Waals surface area (Å²) in [5.74, 6) is 5.81. The molecule has 6 aliphatic carbocycles. The summed E-state index contributed by atoms with van der Waals surface area (Å²) >= 11 is 0. The molecule has 0 radical (unpaired) electrons. The molecule has 6 bridgehead atoms. The maximum Gasteiger partial charge on any atom is 0.311 e. The minimum absolute atomic E-state index is 0.0191. The van der Waals surface area contributed by atoms with E-state index in [4.69, 9.17) is 14.2 Å². The molecular formula is C27H40O5. The van der Waals surface area contributed by atoms with Crippen LogP contribution in [-0.2, 0) is 23.8 Å². The second-order valence-electron chi connectivity index (χ2n) is 13.1. The zero-order chi connectivity index (χ0) is 22.2. The highest BCUT2D eigenvalue weighted by Gasteiger charge is 2.66. The van der Waals surface area contributed by atoms with Gasteiger partial charge in [0.25, 0.3) is 0 Å². The van der Waals surface area contributed by atoms with E-state index in [2.05, 4.69) is 0 Å². The fourth-order valence-corrected chi connectivity index (χ4v) is 9.25. The lowest BCUT2D eigenvalue weighted by Crippen LogP contribution is -2.42. The van der Waals surface area contributed by atoms with Crippen molar-refractivity contribution in [2.75, 3.05) is 13.4 Å². The lowest BCUT2D eigenvalue weighted by atomic mass is 9.66. The third-order valence-electron chi connectivity index (χ3n) is 10.4. The molecule has 0 aromatic heterocycles. The lowest BCUT2D eigenvalue weighted by molar-refractivity contribution is -0.170. The van der Waals surface area contributed by atoms with Gasteiger partial charge in [-0.1, -0.05) is 6.42 Å². The Labute approximate surface area is 192 Å². The van der Waals surface area contributed by atoms with Gasteiger partial charge >= 0.3 is 11.9 Å². The predicted molar refractivity (Wildman–Crippen MR) is 118 cm³/mol. The van der Waals surface area contributed by atoms with E-state index in [1.54, 1.807) is 0 Å². The molecule has 0 heterocycles. The number of esters is 2. The Morgan fingerprint density at radius 3 is 2.34 bits per heavy atom. The monoisotopic (exact) mass is 444 g/mol. The van der Waals surface area contributed by atoms with Crippen molar-refractivity contribution in [2.45, 2.75) is 78.2 Å². The molecule has 178 valence electrons. The first-order valence-electron chi connectivity index (χ1n) is 13.2. The maximum absolute atomic E-state index is 13.0. The van der Waals surface area contributed by atoms with E-state index in [9.17, 15) is 9.59 Å². The van der Waals surface area contributed by atoms with Crippen LogP contribution in [0.2, 0.25) is 0 Å². The first kappa shape index (κ1) is 21.4. The molecule has 11 atom stereocenters. The summed E-state index contributed by atoms with van der Waals surface area (Å²) in [7, 11) is 0. The van der Waals surface area contributed by atoms with Gasteiger partial charge in [0.2, 0.25) is 0 Å². The van der Waals surface area contributed by atoms with Crippen LogP contribution in [0.25, 0.3) is 0 Å². The van der Waals surface area contributed by atoms with Crippen LogP contribution in [0.15, 0.2) is 0 Å². The van der Waals surface area contributed by atoms with Crippen molar-refractivity contribution in [2.24, 2.45) is 64.6 Å². The minimum atomic E-state index is -0.458. The molecule has 6 fully saturated rings. The third kappa shape index (κ3) is 3.44. The number of ether oxygens (including phenoxy) is 3. The van der Waals surface area contributed by atoms with Crippen LogP contribution in [-0.4, -0.2) is 31.4 Å². The predicted octanol–water partition coefficient (Wildman–Crippen LogP) is 4.83. The molecule has 11 unspecified atom stereocenters. The van der Waals surface area contributed by atoms with Gasteiger partial charge in [-0.25, -0.2) is 0 Å². The van der Waals surface area contributed by atoms with Crippen molar-refractivity contribution >= 4 is 11.9 Å². The Bertz CT molecular complexity index is 770. The molecular weight excluding hydrogens is 404 g/mol. The van der Waals surface area contributed by atoms with Crippen molar-refractivity contribution < 1.29 is 23.8 Å². The number of carbonyl (C=O) groups is 2. The Morgan fingerprint density at radius 2 is 1.62 bits per heavy atom. The van der Waals surface area contributed by atoms with E-state index in [0.717, 1.165) is 43.6 Å². The molecule has 0 aromatic rings. The fraction of sp³-hybridized carbons (Fsp3) is 0.926. The maximum atomic E-state index is 13.0. The average Bonchev–Trinajstić information content (AvgIpc) is 3.55. The van der Waals surface area contributed by atoms with E-state index in [-0.39, 0.29) is 30.8 Å². The Hall–Kier alpha value is -1.10. The van der Waals surface area contributed by atoms with Gasteiger partial charge in [-0.15, -0.1) is 0 Å². The highest BCUT2D eigenvalue weighted by molar-refractivity contribution is 5.75. The molecule has 0 spiro atoms. The number of fused-ring (bicyclic) bond motifs is 11. The molecule has 32 heavy (non-hydrogen) atoms. The SMILES string of the molecule is CC(C)(C)C(=O)OC1CC2CC1C1C3CC(CC3C(=O)OCOCC3CC4CCC3C4)C21. The standard InChI is InChI=1S/C27H40O5/c1-27(2,3)26(29)32-22-11-17-10-21(22)24-19-8-16(23(17)24)9-20(19)25(28)31-13-30-12-18-7-14-4-5-15(18)6-14/h14-24H,4-13H2,1-3H3. The number of hydrogen-bond acceptors (Lipinski definition) is 5. The number of carbonyl (C=O) groups excluding carboxylic acids is 2. The van der Waals surface area contributed by atoms with Gasteiger partial charge in [0.15, 0.2) is 6.79 Å². The number of rotatable bonds is 6. The molecule has 0 saturated heterocycles. The zero-order valence-corrected chi connectivity index (χ0v) is 20.0. The topological polar surface area (TPSA) is 61.8 Å². The van der Waals surface area contributed by atoms with Gasteiger partial charge in [-0.05, 0) is 119 Å². The molecule has 6 aliphatic rings. The largest absolute Gasteiger partial charge is 0.462 e. The normalized spacial score (nSPS) is 47.8. The summed E-state index contributed by atoms with van der Waals surface area (Å²) < 4.78 is 17.4. The molecule has 0 aliphatic heterocycles. The van der Waals surface area contributed by atoms with Gasteiger partial charge in [0, 0.05) is 0 Å². The van der Waals surface area contributed by atoms with Crippen molar-refractivity contribution in [1.82, 2.24) is 0 Å². The molecule has 0 N–H and O–H groups in total. The second-order valence-corrected chi connectivity index (χ2v) is 13.1. The fourth-order valence-electron chi connectivity index (χ4n) is 9.25. The van der Waals surface area contributed by atoms with E-state index >= 15 is 0 Å². The summed E-state index contributed by atoms with van der Waals surface area (Å²) in [4.78, 5) is 25.5. The van der Waals surface area contributed by atoms with Crippen LogP contribution in [0.3, 0.4) is 0 Å². The van der Waals surface area contributed by atoms with Gasteiger partial charge in [0.05, 0.1) is 17.9 Å². The van der Waals surface area contributed by atoms with Gasteiger partial charge in [-0.2, -0.15) is 0 Å². The Kier molecular flexibility index (Phi) is 5.17. The van der Waals surface area contributed by atoms with Crippen molar-refractivity contribution in [3.8, 4) is 0 Å². The Morgan fingerprint density at radius 1 is 0.844 bits per heavy atom. The smallest absolute Gasteiger partial charge is 0.311 e. The van der Waals surface area contributed by atoms with Crippen molar-refractivity contribution in [1.29, 1.82) is 0 Å². The summed E-state index contributed by atoms with van der Waals surface area (Å²) in [5, 5.41) is 0. The second kappa shape index (κ2) is 7.71. The molecule has 0 amide bonds. The van der Waals surface area contributed by atoms with Crippen molar-refractivity contribution in [3.63, 3.8) is 0 Å². The molecule has 6 saturated carbocycles. The van der Waals surface area contributed by atoms with Crippen LogP contribution in [0.5, 0.6) is 0 Å². The van der Waals surface area contributed by atoms with Crippen LogP contribution < -0.4 is 0 Å². The lowest BCUT2D eigenvalue weighted by Gasteiger charge is -2.41. The molecule has 0 aromatic carbocycles. The molecule has 5 heteroatoms. The summed E-state index contributed by atoms with van der Waals surface area (Å²) in [6.45, 7) is 6.64. The first-order valence-corrected chi connectivity index (χ1v) is 13.2. The third-order valence-corrected chi connectivity index (χ3v) is 10.4. The zero-order valence-electron chi connectivity index (χ0n) is 20.0. The summed E-state index contributed by atoms with van der Waals surface area (Å²) in [6.07, 6.45) is 9.87. The Balaban J connectivity index is 1.02. The molecule has 6 rings (SSSR count). The quantitative estimate of drug-likeness (QED) is 0.254. The summed E-state index contributed by atoms with van der Waals surface area (Å²) in [6, 6.07) is 0. The van der Waals surface area contributed by atoms with Crippen LogP contribution >= 0.6 is 0 Å². The van der Waals surface area contributed by atoms with E-state index in [1.165, 1.54) is 32.1 Å². The highest BCUT2D eigenvalue weighted by atomic mass is 16.7. The first-order chi connectivity index (χ1) is 15.3. The van der Waals surface area contributed by atoms with Gasteiger partial charge < -0.3 is 14.2 Å². The van der Waals surface area contributed by atoms with Crippen molar-refractivity contribution in [3.05, 3.63) is 0 Å². The molecule has 5 nitrogen and oxygen atoms in total. The highest BCUT2D eigenvalue weighted by Crippen LogP contribution is 2.69. The van der Waals surface area contributed by atoms with Crippen LogP contribution in [0, 0.1) is 64.6 Å². The van der Waals surface area contributed by atoms with E-state index in [0.29, 0.717) is 35.5 Å². The van der Waals surface area contributed by atoms with Gasteiger partial charge in [-0.3, -0.25) is 9.59 Å². The van der Waals surface area contributed by atoms with Crippen LogP contribution in [0.4, 0.5) is 0 Å². The van der Waals surface area contributed by atoms with E-state index in [1.807, 2.05) is 20.8 Å².